The maximum Gasteiger partial charge on any atom is 0.473 e. The quantitative estimate of drug-likeness (QED) is 0.547. The van der Waals surface area contributed by atoms with Crippen molar-refractivity contribution in [2.75, 3.05) is 20.1 Å². The van der Waals surface area contributed by atoms with Gasteiger partial charge in [-0.25, -0.2) is 5.01 Å². The van der Waals surface area contributed by atoms with Crippen molar-refractivity contribution >= 4 is 0 Å². The maximum absolute atomic E-state index is 12.0. The second kappa shape index (κ2) is 2.98. The van der Waals surface area contributed by atoms with Crippen LogP contribution in [0.5, 0.6) is 0 Å². The fourth-order valence-corrected chi connectivity index (χ4v) is 1.16. The molecule has 1 fully saturated rings. The Kier molecular flexibility index (Phi) is 2.39. The second-order valence-electron chi connectivity index (χ2n) is 2.65. The first-order valence-corrected chi connectivity index (χ1v) is 3.57. The molecule has 1 aliphatic rings. The number of hydrazine groups is 1. The summed E-state index contributed by atoms with van der Waals surface area (Å²) in [4.78, 5) is 0. The van der Waals surface area contributed by atoms with Crippen molar-refractivity contribution in [1.82, 2.24) is 10.0 Å². The largest absolute Gasteiger partial charge is 0.473 e. The molecular formula is C6H11F3N2. The van der Waals surface area contributed by atoms with Crippen molar-refractivity contribution in [1.29, 1.82) is 0 Å². The lowest BCUT2D eigenvalue weighted by atomic mass is 10.4. The van der Waals surface area contributed by atoms with E-state index in [1.807, 2.05) is 0 Å². The summed E-state index contributed by atoms with van der Waals surface area (Å²) in [7, 11) is 1.06. The molecule has 2 nitrogen and oxygen atoms in total. The van der Waals surface area contributed by atoms with E-state index in [1.165, 1.54) is 5.01 Å². The molecule has 1 saturated heterocycles. The SMILES string of the molecule is CN(N1CCCC1)C(F)(F)F. The lowest BCUT2D eigenvalue weighted by Gasteiger charge is -2.28. The molecule has 0 atom stereocenters. The molecule has 5 heteroatoms. The van der Waals surface area contributed by atoms with E-state index in [1.54, 1.807) is 0 Å². The lowest BCUT2D eigenvalue weighted by Crippen LogP contribution is -2.46. The highest BCUT2D eigenvalue weighted by molar-refractivity contribution is 4.64. The molecule has 0 unspecified atom stereocenters. The van der Waals surface area contributed by atoms with Gasteiger partial charge in [0.2, 0.25) is 0 Å². The summed E-state index contributed by atoms with van der Waals surface area (Å²) >= 11 is 0. The van der Waals surface area contributed by atoms with Crippen LogP contribution in [-0.4, -0.2) is 36.5 Å². The monoisotopic (exact) mass is 168 g/mol. The van der Waals surface area contributed by atoms with Gasteiger partial charge in [-0.05, 0) is 12.8 Å². The van der Waals surface area contributed by atoms with Gasteiger partial charge in [0.25, 0.3) is 0 Å². The minimum Gasteiger partial charge on any atom is -0.235 e. The summed E-state index contributed by atoms with van der Waals surface area (Å²) in [5, 5.41) is 1.68. The Hall–Kier alpha value is -0.290. The summed E-state index contributed by atoms with van der Waals surface area (Å²) < 4.78 is 36.0. The molecule has 0 spiro atoms. The van der Waals surface area contributed by atoms with Crippen molar-refractivity contribution in [2.24, 2.45) is 0 Å². The summed E-state index contributed by atoms with van der Waals surface area (Å²) in [6.07, 6.45) is -2.49. The molecule has 0 aromatic heterocycles. The van der Waals surface area contributed by atoms with Crippen LogP contribution in [0, 0.1) is 0 Å². The summed E-state index contributed by atoms with van der Waals surface area (Å²) in [6, 6.07) is 0. The van der Waals surface area contributed by atoms with E-state index < -0.39 is 6.30 Å². The van der Waals surface area contributed by atoms with Gasteiger partial charge in [-0.2, -0.15) is 18.2 Å². The smallest absolute Gasteiger partial charge is 0.235 e. The normalized spacial score (nSPS) is 21.5. The zero-order valence-corrected chi connectivity index (χ0v) is 6.36. The predicted octanol–water partition coefficient (Wildman–Crippen LogP) is 1.45. The third kappa shape index (κ3) is 2.07. The van der Waals surface area contributed by atoms with Crippen LogP contribution in [0.2, 0.25) is 0 Å². The number of halogens is 3. The van der Waals surface area contributed by atoms with Gasteiger partial charge in [0, 0.05) is 20.1 Å². The molecule has 66 valence electrons. The topological polar surface area (TPSA) is 6.48 Å². The zero-order valence-electron chi connectivity index (χ0n) is 6.36. The third-order valence-corrected chi connectivity index (χ3v) is 1.87. The first-order chi connectivity index (χ1) is 5.02. The average Bonchev–Trinajstić information content (AvgIpc) is 2.34. The number of hydrogen-bond donors (Lipinski definition) is 0. The molecular weight excluding hydrogens is 157 g/mol. The van der Waals surface area contributed by atoms with Gasteiger partial charge in [0.05, 0.1) is 0 Å². The number of nitrogens with zero attached hydrogens (tertiary/aromatic N) is 2. The van der Waals surface area contributed by atoms with Crippen LogP contribution in [-0.2, 0) is 0 Å². The zero-order chi connectivity index (χ0) is 8.48. The van der Waals surface area contributed by atoms with Gasteiger partial charge in [0.1, 0.15) is 0 Å². The Labute approximate surface area is 63.5 Å². The van der Waals surface area contributed by atoms with Gasteiger partial charge in [0.15, 0.2) is 0 Å². The fraction of sp³-hybridized carbons (Fsp3) is 1.00. The molecule has 0 N–H and O–H groups in total. The van der Waals surface area contributed by atoms with Crippen molar-refractivity contribution in [3.05, 3.63) is 0 Å². The Bertz CT molecular complexity index is 128. The van der Waals surface area contributed by atoms with Gasteiger partial charge >= 0.3 is 6.30 Å². The third-order valence-electron chi connectivity index (χ3n) is 1.87. The van der Waals surface area contributed by atoms with E-state index >= 15 is 0 Å². The van der Waals surface area contributed by atoms with Crippen LogP contribution in [0.25, 0.3) is 0 Å². The van der Waals surface area contributed by atoms with E-state index in [9.17, 15) is 13.2 Å². The number of alkyl halides is 3. The van der Waals surface area contributed by atoms with Gasteiger partial charge < -0.3 is 0 Å². The van der Waals surface area contributed by atoms with E-state index in [0.29, 0.717) is 18.1 Å². The second-order valence-corrected chi connectivity index (χ2v) is 2.65. The highest BCUT2D eigenvalue weighted by Crippen LogP contribution is 2.23. The molecule has 1 heterocycles. The molecule has 0 radical (unpaired) electrons. The van der Waals surface area contributed by atoms with E-state index in [-0.39, 0.29) is 0 Å². The lowest BCUT2D eigenvalue weighted by molar-refractivity contribution is -0.299. The molecule has 0 bridgehead atoms. The maximum atomic E-state index is 12.0. The van der Waals surface area contributed by atoms with Crippen molar-refractivity contribution in [2.45, 2.75) is 19.1 Å². The van der Waals surface area contributed by atoms with Crippen LogP contribution in [0.4, 0.5) is 13.2 Å². The van der Waals surface area contributed by atoms with E-state index in [2.05, 4.69) is 0 Å². The van der Waals surface area contributed by atoms with Crippen molar-refractivity contribution in [3.8, 4) is 0 Å². The number of rotatable bonds is 1. The van der Waals surface area contributed by atoms with Crippen molar-refractivity contribution in [3.63, 3.8) is 0 Å². The fourth-order valence-electron chi connectivity index (χ4n) is 1.16. The van der Waals surface area contributed by atoms with Gasteiger partial charge in [-0.3, -0.25) is 0 Å². The van der Waals surface area contributed by atoms with Gasteiger partial charge in [-0.1, -0.05) is 0 Å². The highest BCUT2D eigenvalue weighted by atomic mass is 19.4. The Morgan fingerprint density at radius 3 is 2.00 bits per heavy atom. The molecule has 0 saturated carbocycles. The standard InChI is InChI=1S/C6H11F3N2/c1-10(6(7,8)9)11-4-2-3-5-11/h2-5H2,1H3. The summed E-state index contributed by atoms with van der Waals surface area (Å²) in [6.45, 7) is 1.05. The molecule has 1 rings (SSSR count). The summed E-state index contributed by atoms with van der Waals surface area (Å²) in [5.74, 6) is 0. The van der Waals surface area contributed by atoms with Crippen LogP contribution >= 0.6 is 0 Å². The Morgan fingerprint density at radius 1 is 1.18 bits per heavy atom. The van der Waals surface area contributed by atoms with Crippen LogP contribution in [0.3, 0.4) is 0 Å². The minimum absolute atomic E-state index is 0.361. The average molecular weight is 168 g/mol. The molecule has 11 heavy (non-hydrogen) atoms. The number of hydrogen-bond acceptors (Lipinski definition) is 2. The first kappa shape index (κ1) is 8.80. The van der Waals surface area contributed by atoms with E-state index in [4.69, 9.17) is 0 Å². The van der Waals surface area contributed by atoms with E-state index in [0.717, 1.165) is 19.9 Å². The molecule has 0 aromatic rings. The first-order valence-electron chi connectivity index (χ1n) is 3.57. The Balaban J connectivity index is 2.46. The van der Waals surface area contributed by atoms with Gasteiger partial charge in [-0.15, -0.1) is 0 Å². The Morgan fingerprint density at radius 2 is 1.64 bits per heavy atom. The molecule has 1 aliphatic heterocycles. The van der Waals surface area contributed by atoms with Crippen LogP contribution in [0.1, 0.15) is 12.8 Å². The molecule has 0 aliphatic carbocycles. The highest BCUT2D eigenvalue weighted by Gasteiger charge is 2.38. The molecule has 0 aromatic carbocycles. The van der Waals surface area contributed by atoms with Crippen LogP contribution < -0.4 is 0 Å². The predicted molar refractivity (Wildman–Crippen MR) is 34.6 cm³/mol. The van der Waals surface area contributed by atoms with Crippen molar-refractivity contribution < 1.29 is 13.2 Å². The summed E-state index contributed by atoms with van der Waals surface area (Å²) in [5.41, 5.74) is 0. The van der Waals surface area contributed by atoms with Crippen LogP contribution in [0.15, 0.2) is 0 Å². The molecule has 0 amide bonds. The minimum atomic E-state index is -4.22.